The van der Waals surface area contributed by atoms with E-state index in [1.165, 1.54) is 5.69 Å². The van der Waals surface area contributed by atoms with Crippen molar-refractivity contribution in [3.63, 3.8) is 0 Å². The lowest BCUT2D eigenvalue weighted by molar-refractivity contribution is 0.482. The summed E-state index contributed by atoms with van der Waals surface area (Å²) in [7, 11) is 0. The number of rotatable bonds is 3. The van der Waals surface area contributed by atoms with Gasteiger partial charge in [-0.3, -0.25) is 4.57 Å². The summed E-state index contributed by atoms with van der Waals surface area (Å²) in [5.41, 5.74) is 10.2. The minimum Gasteiger partial charge on any atom is -0.457 e. The molecule has 2 aromatic carbocycles. The lowest BCUT2D eigenvalue weighted by Crippen LogP contribution is -2.07. The number of anilines is 1. The molecule has 25 heavy (non-hydrogen) atoms. The van der Waals surface area contributed by atoms with Crippen molar-refractivity contribution in [3.8, 4) is 17.2 Å². The van der Waals surface area contributed by atoms with Crippen LogP contribution >= 0.6 is 0 Å². The predicted molar refractivity (Wildman–Crippen MR) is 99.6 cm³/mol. The van der Waals surface area contributed by atoms with E-state index in [1.54, 1.807) is 0 Å². The van der Waals surface area contributed by atoms with Crippen LogP contribution in [0.3, 0.4) is 0 Å². The monoisotopic (exact) mass is 329 g/mol. The van der Waals surface area contributed by atoms with E-state index in [0.717, 1.165) is 48.4 Å². The summed E-state index contributed by atoms with van der Waals surface area (Å²) in [5.74, 6) is 2.11. The summed E-state index contributed by atoms with van der Waals surface area (Å²) in [6.45, 7) is 7.55. The fourth-order valence-corrected chi connectivity index (χ4v) is 3.49. The second kappa shape index (κ2) is 6.37. The highest BCUT2D eigenvalue weighted by Gasteiger charge is 2.26. The van der Waals surface area contributed by atoms with E-state index < -0.39 is 0 Å². The second-order valence-corrected chi connectivity index (χ2v) is 6.23. The van der Waals surface area contributed by atoms with Crippen molar-refractivity contribution in [1.29, 1.82) is 0 Å². The third-order valence-corrected chi connectivity index (χ3v) is 4.67. The fourth-order valence-electron chi connectivity index (χ4n) is 3.49. The van der Waals surface area contributed by atoms with Gasteiger partial charge in [0, 0.05) is 12.0 Å². The summed E-state index contributed by atoms with van der Waals surface area (Å²) < 4.78 is 7.87. The molecule has 1 aromatic heterocycles. The molecule has 4 heteroatoms. The smallest absolute Gasteiger partial charge is 0.258 e. The molecule has 4 rings (SSSR count). The Morgan fingerprint density at radius 1 is 0.920 bits per heavy atom. The quantitative estimate of drug-likeness (QED) is 0.664. The minimum atomic E-state index is 0.531. The van der Waals surface area contributed by atoms with Gasteiger partial charge >= 0.3 is 0 Å². The Morgan fingerprint density at radius 2 is 1.60 bits per heavy atom. The Hall–Kier alpha value is -3.19. The van der Waals surface area contributed by atoms with Crippen LogP contribution in [0.5, 0.6) is 11.5 Å². The maximum Gasteiger partial charge on any atom is 0.258 e. The first-order valence-corrected chi connectivity index (χ1v) is 8.50. The summed E-state index contributed by atoms with van der Waals surface area (Å²) in [4.78, 5) is 3.70. The van der Waals surface area contributed by atoms with Crippen LogP contribution in [0.4, 0.5) is 11.5 Å². The second-order valence-electron chi connectivity index (χ2n) is 6.23. The van der Waals surface area contributed by atoms with Crippen LogP contribution in [-0.4, -0.2) is 4.57 Å². The highest BCUT2D eigenvalue weighted by atomic mass is 16.5. The average molecular weight is 329 g/mol. The third-order valence-electron chi connectivity index (χ3n) is 4.67. The molecule has 0 spiro atoms. The van der Waals surface area contributed by atoms with Crippen molar-refractivity contribution in [3.05, 3.63) is 77.3 Å². The van der Waals surface area contributed by atoms with Gasteiger partial charge in [0.05, 0.1) is 11.4 Å². The molecule has 0 atom stereocenters. The molecule has 0 saturated carbocycles. The highest BCUT2D eigenvalue weighted by Crippen LogP contribution is 2.39. The van der Waals surface area contributed by atoms with Crippen molar-refractivity contribution in [1.82, 2.24) is 4.57 Å². The molecule has 0 aliphatic heterocycles. The number of nitrogens with two attached hydrogens (primary N) is 1. The number of fused-ring (bicyclic) bond motifs is 1. The topological polar surface area (TPSA) is 44.5 Å². The molecule has 0 radical (unpaired) electrons. The zero-order valence-electron chi connectivity index (χ0n) is 13.9. The zero-order chi connectivity index (χ0) is 17.2. The number of nitrogens with zero attached hydrogens (tertiary/aromatic N) is 2. The molecule has 0 saturated heterocycles. The van der Waals surface area contributed by atoms with Crippen LogP contribution in [0.25, 0.3) is 10.5 Å². The van der Waals surface area contributed by atoms with Gasteiger partial charge < -0.3 is 15.3 Å². The molecule has 124 valence electrons. The molecule has 1 aliphatic rings. The minimum absolute atomic E-state index is 0.531. The van der Waals surface area contributed by atoms with E-state index in [9.17, 15) is 0 Å². The Bertz CT molecular complexity index is 934. The normalized spacial score (nSPS) is 13.1. The Kier molecular flexibility index (Phi) is 3.91. The SMILES string of the molecule is [C-]#[N+]c1c(N)c2c(n1-c1ccc(Oc3ccccc3)cc1)CCCC2. The number of hydrogen-bond donors (Lipinski definition) is 1. The van der Waals surface area contributed by atoms with E-state index in [1.807, 2.05) is 59.2 Å². The van der Waals surface area contributed by atoms with Crippen molar-refractivity contribution < 1.29 is 4.74 Å². The van der Waals surface area contributed by atoms with Gasteiger partial charge in [-0.15, -0.1) is 0 Å². The molecule has 0 bridgehead atoms. The van der Waals surface area contributed by atoms with E-state index in [4.69, 9.17) is 17.0 Å². The first kappa shape index (κ1) is 15.3. The van der Waals surface area contributed by atoms with Crippen molar-refractivity contribution in [2.75, 3.05) is 5.73 Å². The zero-order valence-corrected chi connectivity index (χ0v) is 13.9. The van der Waals surface area contributed by atoms with E-state index >= 15 is 0 Å². The molecular formula is C21H19N3O. The van der Waals surface area contributed by atoms with Gasteiger partial charge in [-0.25, -0.2) is 0 Å². The van der Waals surface area contributed by atoms with Crippen LogP contribution < -0.4 is 10.5 Å². The number of nitrogen functional groups attached to an aromatic ring is 1. The summed E-state index contributed by atoms with van der Waals surface area (Å²) in [6, 6.07) is 17.5. The van der Waals surface area contributed by atoms with Crippen LogP contribution in [0.1, 0.15) is 24.1 Å². The van der Waals surface area contributed by atoms with Gasteiger partial charge in [0.2, 0.25) is 0 Å². The average Bonchev–Trinajstić information content (AvgIpc) is 2.95. The maximum absolute atomic E-state index is 7.55. The summed E-state index contributed by atoms with van der Waals surface area (Å²) in [6.07, 6.45) is 4.22. The number of hydrogen-bond acceptors (Lipinski definition) is 2. The molecule has 0 amide bonds. The lowest BCUT2D eigenvalue weighted by Gasteiger charge is -2.13. The van der Waals surface area contributed by atoms with Gasteiger partial charge in [-0.05, 0) is 55.7 Å². The summed E-state index contributed by atoms with van der Waals surface area (Å²) in [5, 5.41) is 0. The highest BCUT2D eigenvalue weighted by molar-refractivity contribution is 5.74. The molecule has 0 fully saturated rings. The molecule has 4 nitrogen and oxygen atoms in total. The first-order chi connectivity index (χ1) is 12.3. The van der Waals surface area contributed by atoms with Gasteiger partial charge in [-0.1, -0.05) is 24.8 Å². The molecule has 0 unspecified atom stereocenters. The van der Waals surface area contributed by atoms with Gasteiger partial charge in [0.25, 0.3) is 5.82 Å². The number of para-hydroxylation sites is 1. The first-order valence-electron chi connectivity index (χ1n) is 8.50. The van der Waals surface area contributed by atoms with Crippen molar-refractivity contribution in [2.45, 2.75) is 25.7 Å². The number of benzene rings is 2. The van der Waals surface area contributed by atoms with Crippen LogP contribution in [0.15, 0.2) is 54.6 Å². The Morgan fingerprint density at radius 3 is 2.32 bits per heavy atom. The molecular weight excluding hydrogens is 310 g/mol. The van der Waals surface area contributed by atoms with Crippen LogP contribution in [0.2, 0.25) is 0 Å². The van der Waals surface area contributed by atoms with E-state index in [-0.39, 0.29) is 0 Å². The van der Waals surface area contributed by atoms with E-state index in [0.29, 0.717) is 11.5 Å². The standard InChI is InChI=1S/C21H19N3O/c1-23-21-20(22)18-9-5-6-10-19(18)24(21)15-11-13-17(14-12-15)25-16-7-3-2-4-8-16/h2-4,7-8,11-14H,5-6,9-10,22H2. The lowest BCUT2D eigenvalue weighted by atomic mass is 9.97. The van der Waals surface area contributed by atoms with Gasteiger partial charge in [-0.2, -0.15) is 0 Å². The van der Waals surface area contributed by atoms with Crippen molar-refractivity contribution in [2.24, 2.45) is 0 Å². The van der Waals surface area contributed by atoms with Gasteiger partial charge in [0.15, 0.2) is 0 Å². The largest absolute Gasteiger partial charge is 0.457 e. The number of ether oxygens (including phenoxy) is 1. The Balaban J connectivity index is 1.70. The predicted octanol–water partition coefficient (Wildman–Crippen LogP) is 5.28. The van der Waals surface area contributed by atoms with Gasteiger partial charge in [0.1, 0.15) is 17.2 Å². The number of aromatic nitrogens is 1. The molecule has 3 aromatic rings. The van der Waals surface area contributed by atoms with E-state index in [2.05, 4.69) is 4.85 Å². The molecule has 1 aliphatic carbocycles. The third kappa shape index (κ3) is 2.74. The molecule has 1 heterocycles. The Labute approximate surface area is 147 Å². The summed E-state index contributed by atoms with van der Waals surface area (Å²) >= 11 is 0. The maximum atomic E-state index is 7.55. The van der Waals surface area contributed by atoms with Crippen LogP contribution in [-0.2, 0) is 12.8 Å². The fraction of sp³-hybridized carbons (Fsp3) is 0.190. The molecule has 2 N–H and O–H groups in total. The van der Waals surface area contributed by atoms with Crippen LogP contribution in [0, 0.1) is 6.57 Å². The van der Waals surface area contributed by atoms with Crippen molar-refractivity contribution >= 4 is 11.5 Å².